The third kappa shape index (κ3) is 1.45. The van der Waals surface area contributed by atoms with Crippen LogP contribution in [0, 0.1) is 0 Å². The van der Waals surface area contributed by atoms with Gasteiger partial charge in [0.1, 0.15) is 0 Å². The molecule has 0 radical (unpaired) electrons. The fourth-order valence-corrected chi connectivity index (χ4v) is 3.42. The molecule has 2 aliphatic rings. The van der Waals surface area contributed by atoms with Crippen molar-refractivity contribution in [2.75, 3.05) is 0 Å². The molecular weight excluding hydrogens is 254 g/mol. The first-order valence-electron chi connectivity index (χ1n) is 5.43. The molecule has 3 heteroatoms. The lowest BCUT2D eigenvalue weighted by molar-refractivity contribution is 0.0976. The summed E-state index contributed by atoms with van der Waals surface area (Å²) in [5.74, 6) is 0.374. The third-order valence-electron chi connectivity index (χ3n) is 3.59. The Morgan fingerprint density at radius 3 is 2.60 bits per heavy atom. The van der Waals surface area contributed by atoms with Crippen LogP contribution in [0.4, 0.5) is 0 Å². The number of fused-ring (bicyclic) bond motifs is 2. The zero-order chi connectivity index (χ0) is 10.4. The van der Waals surface area contributed by atoms with Crippen molar-refractivity contribution in [3.63, 3.8) is 0 Å². The molecule has 1 aromatic rings. The van der Waals surface area contributed by atoms with Crippen LogP contribution in [0.2, 0.25) is 0 Å². The second kappa shape index (κ2) is 3.58. The lowest BCUT2D eigenvalue weighted by Crippen LogP contribution is -2.38. The first-order chi connectivity index (χ1) is 7.27. The van der Waals surface area contributed by atoms with Crippen molar-refractivity contribution < 1.29 is 4.74 Å². The number of rotatable bonds is 1. The molecule has 2 bridgehead atoms. The van der Waals surface area contributed by atoms with Crippen molar-refractivity contribution in [2.45, 2.75) is 37.0 Å². The van der Waals surface area contributed by atoms with Gasteiger partial charge in [0.2, 0.25) is 0 Å². The van der Waals surface area contributed by atoms with Crippen molar-refractivity contribution in [3.05, 3.63) is 34.3 Å². The van der Waals surface area contributed by atoms with Crippen LogP contribution in [0.5, 0.6) is 0 Å². The lowest BCUT2D eigenvalue weighted by atomic mass is 9.80. The van der Waals surface area contributed by atoms with Gasteiger partial charge in [-0.2, -0.15) is 0 Å². The fraction of sp³-hybridized carbons (Fsp3) is 0.500. The summed E-state index contributed by atoms with van der Waals surface area (Å²) in [6, 6.07) is 8.50. The molecule has 2 aliphatic heterocycles. The molecule has 0 spiro atoms. The minimum absolute atomic E-state index is 0.169. The van der Waals surface area contributed by atoms with Gasteiger partial charge in [0.05, 0.1) is 12.2 Å². The average molecular weight is 268 g/mol. The Morgan fingerprint density at radius 1 is 1.20 bits per heavy atom. The Kier molecular flexibility index (Phi) is 2.34. The highest BCUT2D eigenvalue weighted by molar-refractivity contribution is 9.10. The maximum Gasteiger partial charge on any atom is 0.0737 e. The van der Waals surface area contributed by atoms with Gasteiger partial charge in [-0.15, -0.1) is 0 Å². The molecule has 0 saturated carbocycles. The van der Waals surface area contributed by atoms with E-state index in [0.717, 1.165) is 17.3 Å². The van der Waals surface area contributed by atoms with Crippen LogP contribution in [0.1, 0.15) is 24.3 Å². The quantitative estimate of drug-likeness (QED) is 0.849. The maximum absolute atomic E-state index is 6.22. The van der Waals surface area contributed by atoms with Crippen LogP contribution in [-0.4, -0.2) is 18.2 Å². The van der Waals surface area contributed by atoms with Gasteiger partial charge in [-0.25, -0.2) is 0 Å². The number of halogens is 1. The van der Waals surface area contributed by atoms with Crippen molar-refractivity contribution in [1.82, 2.24) is 0 Å². The largest absolute Gasteiger partial charge is 0.373 e. The molecular formula is C12H14BrNO. The second-order valence-corrected chi connectivity index (χ2v) is 5.27. The third-order valence-corrected chi connectivity index (χ3v) is 4.32. The number of hydrogen-bond donors (Lipinski definition) is 1. The summed E-state index contributed by atoms with van der Waals surface area (Å²) in [4.78, 5) is 0. The molecule has 0 aromatic heterocycles. The van der Waals surface area contributed by atoms with E-state index in [1.807, 2.05) is 6.07 Å². The smallest absolute Gasteiger partial charge is 0.0737 e. The molecule has 2 saturated heterocycles. The van der Waals surface area contributed by atoms with E-state index in [0.29, 0.717) is 12.0 Å². The Hall–Kier alpha value is -0.380. The van der Waals surface area contributed by atoms with Crippen molar-refractivity contribution in [2.24, 2.45) is 5.73 Å². The van der Waals surface area contributed by atoms with Crippen LogP contribution in [0.15, 0.2) is 28.7 Å². The zero-order valence-corrected chi connectivity index (χ0v) is 9.98. The first kappa shape index (κ1) is 9.82. The van der Waals surface area contributed by atoms with Gasteiger partial charge < -0.3 is 10.5 Å². The highest BCUT2D eigenvalue weighted by atomic mass is 79.9. The van der Waals surface area contributed by atoms with Gasteiger partial charge in [-0.05, 0) is 24.5 Å². The lowest BCUT2D eigenvalue weighted by Gasteiger charge is -2.25. The molecule has 2 N–H and O–H groups in total. The number of benzene rings is 1. The van der Waals surface area contributed by atoms with Gasteiger partial charge in [-0.3, -0.25) is 0 Å². The molecule has 2 heterocycles. The molecule has 3 rings (SSSR count). The van der Waals surface area contributed by atoms with E-state index in [1.165, 1.54) is 5.56 Å². The molecule has 4 atom stereocenters. The average Bonchev–Trinajstić information content (AvgIpc) is 2.80. The first-order valence-corrected chi connectivity index (χ1v) is 6.22. The summed E-state index contributed by atoms with van der Waals surface area (Å²) in [6.07, 6.45) is 2.91. The predicted octanol–water partition coefficient (Wildman–Crippen LogP) is 2.42. The molecule has 4 unspecified atom stereocenters. The predicted molar refractivity (Wildman–Crippen MR) is 62.8 cm³/mol. The summed E-state index contributed by atoms with van der Waals surface area (Å²) >= 11 is 3.59. The minimum Gasteiger partial charge on any atom is -0.373 e. The second-order valence-electron chi connectivity index (χ2n) is 4.41. The van der Waals surface area contributed by atoms with Gasteiger partial charge in [0.25, 0.3) is 0 Å². The summed E-state index contributed by atoms with van der Waals surface area (Å²) in [5.41, 5.74) is 7.52. The number of nitrogens with two attached hydrogens (primary N) is 1. The molecule has 1 aromatic carbocycles. The Balaban J connectivity index is 1.98. The Bertz CT molecular complexity index is 380. The zero-order valence-electron chi connectivity index (χ0n) is 8.40. The molecule has 0 aliphatic carbocycles. The van der Waals surface area contributed by atoms with Crippen molar-refractivity contribution in [3.8, 4) is 0 Å². The Morgan fingerprint density at radius 2 is 1.93 bits per heavy atom. The SMILES string of the molecule is NC1C2CCC(O2)C1c1ccccc1Br. The molecule has 2 fully saturated rings. The highest BCUT2D eigenvalue weighted by Gasteiger charge is 2.48. The summed E-state index contributed by atoms with van der Waals surface area (Å²) in [7, 11) is 0. The van der Waals surface area contributed by atoms with E-state index in [2.05, 4.69) is 34.1 Å². The van der Waals surface area contributed by atoms with Crippen LogP contribution in [0.3, 0.4) is 0 Å². The minimum atomic E-state index is 0.169. The van der Waals surface area contributed by atoms with Crippen LogP contribution in [0.25, 0.3) is 0 Å². The van der Waals surface area contributed by atoms with Gasteiger partial charge in [0.15, 0.2) is 0 Å². The maximum atomic E-state index is 6.22. The van der Waals surface area contributed by atoms with E-state index in [-0.39, 0.29) is 12.1 Å². The van der Waals surface area contributed by atoms with Gasteiger partial charge in [-0.1, -0.05) is 34.1 Å². The molecule has 80 valence electrons. The molecule has 2 nitrogen and oxygen atoms in total. The monoisotopic (exact) mass is 267 g/mol. The summed E-state index contributed by atoms with van der Waals surface area (Å²) < 4.78 is 7.01. The van der Waals surface area contributed by atoms with E-state index < -0.39 is 0 Å². The van der Waals surface area contributed by atoms with Gasteiger partial charge >= 0.3 is 0 Å². The molecule has 0 amide bonds. The standard InChI is InChI=1S/C12H14BrNO/c13-8-4-2-1-3-7(8)11-9-5-6-10(15-9)12(11)14/h1-4,9-12H,5-6,14H2. The van der Waals surface area contributed by atoms with E-state index in [4.69, 9.17) is 10.5 Å². The molecule has 15 heavy (non-hydrogen) atoms. The fourth-order valence-electron chi connectivity index (χ4n) is 2.87. The van der Waals surface area contributed by atoms with E-state index >= 15 is 0 Å². The number of hydrogen-bond acceptors (Lipinski definition) is 2. The van der Waals surface area contributed by atoms with Gasteiger partial charge in [0, 0.05) is 16.4 Å². The van der Waals surface area contributed by atoms with Crippen LogP contribution < -0.4 is 5.73 Å². The van der Waals surface area contributed by atoms with Crippen molar-refractivity contribution >= 4 is 15.9 Å². The van der Waals surface area contributed by atoms with E-state index in [1.54, 1.807) is 0 Å². The highest BCUT2D eigenvalue weighted by Crippen LogP contribution is 2.45. The summed E-state index contributed by atoms with van der Waals surface area (Å²) in [5, 5.41) is 0. The van der Waals surface area contributed by atoms with Crippen LogP contribution in [-0.2, 0) is 4.74 Å². The number of ether oxygens (including phenoxy) is 1. The topological polar surface area (TPSA) is 35.2 Å². The van der Waals surface area contributed by atoms with Crippen LogP contribution >= 0.6 is 15.9 Å². The normalized spacial score (nSPS) is 38.5. The van der Waals surface area contributed by atoms with Crippen molar-refractivity contribution in [1.29, 1.82) is 0 Å². The Labute approximate surface area is 97.9 Å². The summed E-state index contributed by atoms with van der Waals surface area (Å²) in [6.45, 7) is 0. The van der Waals surface area contributed by atoms with E-state index in [9.17, 15) is 0 Å².